The van der Waals surface area contributed by atoms with Gasteiger partial charge in [0.05, 0.1) is 36.6 Å². The summed E-state index contributed by atoms with van der Waals surface area (Å²) in [6.45, 7) is 6.22. The number of aromatic nitrogens is 1. The standard InChI is InChI=1S/C78H114ClF3N14O12/c1-13-50(4)67-74(106)90(7)47-65(99)88(5)48-66(100)92(9)61(41-51-25-17-14-18-26-51)72(104)89(6)46-63(97)85-58(34-31-52-30-33-56(57(79)40-52)78(80,81)82)71(103)93(10)60(42-53-29-32-55(44-83)84-45-53)70(102)87-77(35-21-22-36-77)76(108)95(12)68(54-27-19-15-20-28-54)75(107)94(11)62(73(105)96-37-23-16-24-38-96)43-64(98)91(8)59(39-49(2)3)69(101)86-67/h29-30,32-33,40,45,49-51,54,58-62,67-68H,13-28,31,34-39,41-43,46-48H2,1-12H3,(H,85,97)(H,86,101)(H,87,102)/t50-,58-,59-,60-,61-,62-,67-,68-/m0/s1. The van der Waals surface area contributed by atoms with Crippen molar-refractivity contribution in [1.29, 1.82) is 5.26 Å². The first-order valence-electron chi connectivity index (χ1n) is 38.5. The van der Waals surface area contributed by atoms with Crippen molar-refractivity contribution in [2.45, 2.75) is 236 Å². The molecule has 0 radical (unpaired) electrons. The number of hydrogen-bond donors (Lipinski definition) is 3. The molecule has 5 aliphatic rings. The molecule has 12 amide bonds. The first kappa shape index (κ1) is 86.8. The van der Waals surface area contributed by atoms with Gasteiger partial charge in [-0.2, -0.15) is 18.4 Å². The highest BCUT2D eigenvalue weighted by Gasteiger charge is 2.51. The largest absolute Gasteiger partial charge is 0.417 e. The van der Waals surface area contributed by atoms with Crippen LogP contribution in [0.1, 0.15) is 191 Å². The molecule has 1 spiro atoms. The first-order valence-corrected chi connectivity index (χ1v) is 38.9. The fraction of sp³-hybridized carbons (Fsp3) is 0.692. The van der Waals surface area contributed by atoms with Crippen molar-refractivity contribution in [1.82, 2.24) is 65.0 Å². The van der Waals surface area contributed by atoms with E-state index in [1.807, 2.05) is 26.8 Å². The highest BCUT2D eigenvalue weighted by atomic mass is 35.5. The minimum Gasteiger partial charge on any atom is -0.343 e. The van der Waals surface area contributed by atoms with E-state index in [-0.39, 0.29) is 68.0 Å². The Morgan fingerprint density at radius 2 is 1.23 bits per heavy atom. The molecular weight excluding hydrogens is 1420 g/mol. The monoisotopic (exact) mass is 1530 g/mol. The van der Waals surface area contributed by atoms with Crippen molar-refractivity contribution in [2.24, 2.45) is 23.7 Å². The van der Waals surface area contributed by atoms with E-state index in [2.05, 4.69) is 20.9 Å². The number of alkyl halides is 3. The SMILES string of the molecule is CC[C@H](C)[C@@H]1NC(=O)[C@H](CC(C)C)N(C)C(=O)C[C@@H](C(=O)N2CCCCC2)N(C)C(=O)[C@H](C2CCCCC2)N(C)C(=O)C2(CCCC2)NC(=O)[C@H](Cc2ccc(C#N)nc2)N(C)C(=O)[C@H](CCc2ccc(C(F)(F)F)c(Cl)c2)NC(=O)CN(C)C(=O)[C@H](CC2CCCCC2)N(C)C(=O)CN(C)C(=O)CN(C)C1=O. The Labute approximate surface area is 639 Å². The Morgan fingerprint density at radius 1 is 0.639 bits per heavy atom. The molecule has 596 valence electrons. The van der Waals surface area contributed by atoms with Gasteiger partial charge < -0.3 is 60.0 Å². The molecule has 2 aromatic rings. The Morgan fingerprint density at radius 3 is 1.81 bits per heavy atom. The molecule has 0 unspecified atom stereocenters. The molecule has 5 fully saturated rings. The predicted molar refractivity (Wildman–Crippen MR) is 398 cm³/mol. The topological polar surface area (TPSA) is 307 Å². The summed E-state index contributed by atoms with van der Waals surface area (Å²) in [4.78, 5) is 197. The molecule has 8 atom stereocenters. The number of likely N-dealkylation sites (tertiary alicyclic amines) is 1. The molecule has 108 heavy (non-hydrogen) atoms. The van der Waals surface area contributed by atoms with Gasteiger partial charge in [-0.25, -0.2) is 4.98 Å². The van der Waals surface area contributed by atoms with Crippen LogP contribution in [0.25, 0.3) is 0 Å². The molecule has 7 rings (SSSR count). The molecule has 3 N–H and O–H groups in total. The van der Waals surface area contributed by atoms with Crippen molar-refractivity contribution in [3.05, 3.63) is 63.9 Å². The number of piperidine rings is 1. The molecular formula is C78H114ClF3N14O12. The van der Waals surface area contributed by atoms with E-state index in [4.69, 9.17) is 11.6 Å². The minimum atomic E-state index is -4.80. The summed E-state index contributed by atoms with van der Waals surface area (Å²) in [7, 11) is 11.2. The van der Waals surface area contributed by atoms with Gasteiger partial charge in [-0.05, 0) is 124 Å². The van der Waals surface area contributed by atoms with Crippen molar-refractivity contribution in [3.63, 3.8) is 0 Å². The highest BCUT2D eigenvalue weighted by Crippen LogP contribution is 2.38. The van der Waals surface area contributed by atoms with Crippen molar-refractivity contribution in [3.8, 4) is 6.07 Å². The third kappa shape index (κ3) is 22.4. The normalized spacial score (nSPS) is 25.2. The van der Waals surface area contributed by atoms with Gasteiger partial charge in [0.15, 0.2) is 0 Å². The van der Waals surface area contributed by atoms with Crippen LogP contribution in [0.5, 0.6) is 0 Å². The van der Waals surface area contributed by atoms with Crippen LogP contribution in [-0.2, 0) is 76.6 Å². The molecule has 26 nitrogen and oxygen atoms in total. The number of nitrogens with one attached hydrogen (secondary N) is 3. The van der Waals surface area contributed by atoms with Crippen molar-refractivity contribution >= 4 is 82.5 Å². The van der Waals surface area contributed by atoms with Gasteiger partial charge in [0.2, 0.25) is 70.9 Å². The summed E-state index contributed by atoms with van der Waals surface area (Å²) in [5.74, 6) is -9.56. The van der Waals surface area contributed by atoms with Crippen LogP contribution in [0.3, 0.4) is 0 Å². The quantitative estimate of drug-likeness (QED) is 0.187. The molecule has 30 heteroatoms. The second-order valence-corrected chi connectivity index (χ2v) is 31.7. The van der Waals surface area contributed by atoms with Crippen LogP contribution in [-0.4, -0.2) is 257 Å². The van der Waals surface area contributed by atoms with Crippen molar-refractivity contribution in [2.75, 3.05) is 89.1 Å². The maximum Gasteiger partial charge on any atom is 0.417 e. The zero-order valence-electron chi connectivity index (χ0n) is 65.2. The number of amides is 12. The number of halogens is 4. The number of carbonyl (C=O) groups is 12. The van der Waals surface area contributed by atoms with E-state index in [0.717, 1.165) is 76.7 Å². The van der Waals surface area contributed by atoms with Gasteiger partial charge >= 0.3 is 6.18 Å². The number of likely N-dealkylation sites (N-methyl/N-ethyl adjacent to an activating group) is 8. The maximum absolute atomic E-state index is 16.0. The Bertz CT molecular complexity index is 3570. The lowest BCUT2D eigenvalue weighted by Gasteiger charge is -2.43. The fourth-order valence-corrected chi connectivity index (χ4v) is 16.3. The second kappa shape index (κ2) is 39.3. The van der Waals surface area contributed by atoms with Gasteiger partial charge in [-0.15, -0.1) is 0 Å². The van der Waals surface area contributed by atoms with Gasteiger partial charge in [-0.1, -0.05) is 122 Å². The average Bonchev–Trinajstić information content (AvgIpc) is 1.45. The van der Waals surface area contributed by atoms with Crippen LogP contribution in [0.4, 0.5) is 13.2 Å². The molecule has 2 saturated heterocycles. The number of pyridine rings is 1. The van der Waals surface area contributed by atoms with E-state index in [0.29, 0.717) is 76.4 Å². The molecule has 0 bridgehead atoms. The van der Waals surface area contributed by atoms with Crippen LogP contribution in [0.15, 0.2) is 36.5 Å². The van der Waals surface area contributed by atoms with E-state index >= 15 is 28.8 Å². The zero-order chi connectivity index (χ0) is 79.6. The lowest BCUT2D eigenvalue weighted by atomic mass is 9.81. The number of nitriles is 1. The number of hydrogen-bond acceptors (Lipinski definition) is 14. The maximum atomic E-state index is 16.0. The molecule has 3 heterocycles. The zero-order valence-corrected chi connectivity index (χ0v) is 65.9. The van der Waals surface area contributed by atoms with Crippen LogP contribution >= 0.6 is 11.6 Å². The second-order valence-electron chi connectivity index (χ2n) is 31.3. The predicted octanol–water partition coefficient (Wildman–Crippen LogP) is 6.77. The lowest BCUT2D eigenvalue weighted by Crippen LogP contribution is -2.66. The Kier molecular flexibility index (Phi) is 31.6. The lowest BCUT2D eigenvalue weighted by molar-refractivity contribution is -0.157. The van der Waals surface area contributed by atoms with Gasteiger partial charge in [0.25, 0.3) is 0 Å². The number of nitrogens with zero attached hydrogens (tertiary/aromatic N) is 11. The summed E-state index contributed by atoms with van der Waals surface area (Å²) in [5.41, 5.74) is -2.18. The summed E-state index contributed by atoms with van der Waals surface area (Å²) in [5, 5.41) is 17.8. The number of aryl methyl sites for hydroxylation is 1. The summed E-state index contributed by atoms with van der Waals surface area (Å²) < 4.78 is 42.0. The minimum absolute atomic E-state index is 0.0171. The summed E-state index contributed by atoms with van der Waals surface area (Å²) >= 11 is 6.21. The molecule has 1 aromatic carbocycles. The van der Waals surface area contributed by atoms with E-state index in [1.165, 1.54) is 100 Å². The average molecular weight is 1530 g/mol. The van der Waals surface area contributed by atoms with Gasteiger partial charge in [0.1, 0.15) is 59.6 Å². The molecule has 3 aliphatic carbocycles. The third-order valence-electron chi connectivity index (χ3n) is 23.0. The Balaban J connectivity index is 1.35. The molecule has 1 aromatic heterocycles. The molecule has 2 aliphatic heterocycles. The summed E-state index contributed by atoms with van der Waals surface area (Å²) in [6.07, 6.45) is 6.60. The van der Waals surface area contributed by atoms with E-state index < -0.39 is 173 Å². The third-order valence-corrected chi connectivity index (χ3v) is 23.3. The van der Waals surface area contributed by atoms with Crippen LogP contribution in [0, 0.1) is 35.0 Å². The Hall–Kier alpha value is -8.42. The van der Waals surface area contributed by atoms with Gasteiger partial charge in [0, 0.05) is 82.1 Å². The van der Waals surface area contributed by atoms with Crippen LogP contribution < -0.4 is 16.0 Å². The highest BCUT2D eigenvalue weighted by molar-refractivity contribution is 6.31. The van der Waals surface area contributed by atoms with E-state index in [9.17, 15) is 47.2 Å². The van der Waals surface area contributed by atoms with Crippen molar-refractivity contribution < 1.29 is 70.7 Å². The van der Waals surface area contributed by atoms with Crippen LogP contribution in [0.2, 0.25) is 5.02 Å². The number of rotatable bonds is 13. The first-order chi connectivity index (χ1) is 51.0. The number of benzene rings is 1. The molecule has 3 saturated carbocycles. The fourth-order valence-electron chi connectivity index (χ4n) is 16.0. The summed E-state index contributed by atoms with van der Waals surface area (Å²) in [6, 6.07) is -1.43. The number of carbonyl (C=O) groups excluding carboxylic acids is 12. The smallest absolute Gasteiger partial charge is 0.343 e. The van der Waals surface area contributed by atoms with Gasteiger partial charge in [-0.3, -0.25) is 57.5 Å². The van der Waals surface area contributed by atoms with E-state index in [1.54, 1.807) is 11.8 Å².